The van der Waals surface area contributed by atoms with Gasteiger partial charge in [-0.3, -0.25) is 0 Å². The lowest BCUT2D eigenvalue weighted by Gasteiger charge is -2.23. The van der Waals surface area contributed by atoms with E-state index in [2.05, 4.69) is 10.0 Å². The minimum Gasteiger partial charge on any atom is -0.376 e. The maximum absolute atomic E-state index is 12.7. The average molecular weight is 415 g/mol. The van der Waals surface area contributed by atoms with E-state index >= 15 is 0 Å². The molecule has 0 spiro atoms. The van der Waals surface area contributed by atoms with Crippen molar-refractivity contribution in [2.75, 3.05) is 11.9 Å². The molecule has 0 saturated carbocycles. The Morgan fingerprint density at radius 3 is 2.07 bits per heavy atom. The monoisotopic (exact) mass is 414 g/mol. The largest absolute Gasteiger partial charge is 0.376 e. The number of aryl methyl sites for hydroxylation is 2. The molecule has 3 rings (SSSR count). The molecule has 0 unspecified atom stereocenters. The molecule has 146 valence electrons. The van der Waals surface area contributed by atoms with Gasteiger partial charge in [-0.25, -0.2) is 13.1 Å². The summed E-state index contributed by atoms with van der Waals surface area (Å²) in [5, 5.41) is 4.01. The third-order valence-corrected chi connectivity index (χ3v) is 6.29. The van der Waals surface area contributed by atoms with Crippen molar-refractivity contribution >= 4 is 27.3 Å². The van der Waals surface area contributed by atoms with E-state index in [1.165, 1.54) is 12.1 Å². The predicted octanol–water partition coefficient (Wildman–Crippen LogP) is 5.09. The molecule has 28 heavy (non-hydrogen) atoms. The van der Waals surface area contributed by atoms with Crippen LogP contribution in [0.2, 0.25) is 5.02 Å². The molecule has 0 aliphatic heterocycles. The highest BCUT2D eigenvalue weighted by atomic mass is 35.5. The van der Waals surface area contributed by atoms with E-state index in [9.17, 15) is 8.42 Å². The summed E-state index contributed by atoms with van der Waals surface area (Å²) in [7, 11) is -3.64. The normalized spacial score (nSPS) is 12.5. The van der Waals surface area contributed by atoms with Crippen molar-refractivity contribution < 1.29 is 8.42 Å². The molecule has 0 heterocycles. The van der Waals surface area contributed by atoms with E-state index in [0.29, 0.717) is 5.02 Å². The second-order valence-corrected chi connectivity index (χ2v) is 8.88. The standard InChI is InChI=1S/C22H23ClN2O2S/c1-16-7-6-8-17(2)22(16)25-21(18-9-4-3-5-10-18)15-24-28(26,27)20-13-11-19(23)12-14-20/h3-14,21,24-25H,15H2,1-2H3/t21-/m0/s1. The van der Waals surface area contributed by atoms with Crippen LogP contribution in [0.15, 0.2) is 77.7 Å². The molecule has 6 heteroatoms. The van der Waals surface area contributed by atoms with Crippen LogP contribution in [0.4, 0.5) is 5.69 Å². The average Bonchev–Trinajstić information content (AvgIpc) is 2.68. The summed E-state index contributed by atoms with van der Waals surface area (Å²) < 4.78 is 28.1. The van der Waals surface area contributed by atoms with E-state index in [4.69, 9.17) is 11.6 Å². The Morgan fingerprint density at radius 2 is 1.46 bits per heavy atom. The van der Waals surface area contributed by atoms with Gasteiger partial charge < -0.3 is 5.32 Å². The first-order valence-electron chi connectivity index (χ1n) is 9.00. The van der Waals surface area contributed by atoms with Crippen LogP contribution >= 0.6 is 11.6 Å². The second-order valence-electron chi connectivity index (χ2n) is 6.68. The van der Waals surface area contributed by atoms with Crippen LogP contribution in [-0.4, -0.2) is 15.0 Å². The van der Waals surface area contributed by atoms with Crippen molar-refractivity contribution in [1.82, 2.24) is 4.72 Å². The molecule has 0 aliphatic rings. The highest BCUT2D eigenvalue weighted by Crippen LogP contribution is 2.26. The van der Waals surface area contributed by atoms with Crippen molar-refractivity contribution in [2.24, 2.45) is 0 Å². The van der Waals surface area contributed by atoms with Gasteiger partial charge in [0.05, 0.1) is 10.9 Å². The fourth-order valence-corrected chi connectivity index (χ4v) is 4.22. The van der Waals surface area contributed by atoms with E-state index in [0.717, 1.165) is 22.4 Å². The SMILES string of the molecule is Cc1cccc(C)c1N[C@@H](CNS(=O)(=O)c1ccc(Cl)cc1)c1ccccc1. The number of rotatable bonds is 7. The number of nitrogens with one attached hydrogen (secondary N) is 2. The number of hydrogen-bond donors (Lipinski definition) is 2. The molecule has 0 amide bonds. The smallest absolute Gasteiger partial charge is 0.240 e. The number of para-hydroxylation sites is 1. The molecule has 0 saturated heterocycles. The van der Waals surface area contributed by atoms with Gasteiger partial charge in [0.15, 0.2) is 0 Å². The van der Waals surface area contributed by atoms with E-state index in [1.54, 1.807) is 12.1 Å². The number of anilines is 1. The molecule has 2 N–H and O–H groups in total. The number of hydrogen-bond acceptors (Lipinski definition) is 3. The summed E-state index contributed by atoms with van der Waals surface area (Å²) in [5.41, 5.74) is 4.24. The van der Waals surface area contributed by atoms with Gasteiger partial charge in [-0.2, -0.15) is 0 Å². The Balaban J connectivity index is 1.85. The number of sulfonamides is 1. The lowest BCUT2D eigenvalue weighted by molar-refractivity contribution is 0.576. The third kappa shape index (κ3) is 4.93. The second kappa shape index (κ2) is 8.78. The molecule has 3 aromatic rings. The minimum atomic E-state index is -3.64. The summed E-state index contributed by atoms with van der Waals surface area (Å²) in [6.45, 7) is 4.29. The molecule has 0 aliphatic carbocycles. The third-order valence-electron chi connectivity index (χ3n) is 4.60. The molecule has 4 nitrogen and oxygen atoms in total. The number of halogens is 1. The van der Waals surface area contributed by atoms with Crippen molar-refractivity contribution in [3.63, 3.8) is 0 Å². The first-order valence-corrected chi connectivity index (χ1v) is 10.9. The van der Waals surface area contributed by atoms with Crippen LogP contribution in [0.1, 0.15) is 22.7 Å². The van der Waals surface area contributed by atoms with E-state index in [-0.39, 0.29) is 17.5 Å². The zero-order valence-electron chi connectivity index (χ0n) is 15.8. The van der Waals surface area contributed by atoms with Crippen LogP contribution in [0.3, 0.4) is 0 Å². The van der Waals surface area contributed by atoms with Crippen LogP contribution in [0.25, 0.3) is 0 Å². The highest BCUT2D eigenvalue weighted by molar-refractivity contribution is 7.89. The molecular weight excluding hydrogens is 392 g/mol. The van der Waals surface area contributed by atoms with Gasteiger partial charge in [0.1, 0.15) is 0 Å². The molecule has 0 aromatic heterocycles. The van der Waals surface area contributed by atoms with Gasteiger partial charge in [0, 0.05) is 17.3 Å². The van der Waals surface area contributed by atoms with Crippen molar-refractivity contribution in [1.29, 1.82) is 0 Å². The summed E-state index contributed by atoms with van der Waals surface area (Å²) in [6.07, 6.45) is 0. The Morgan fingerprint density at radius 1 is 0.857 bits per heavy atom. The Hall–Kier alpha value is -2.34. The van der Waals surface area contributed by atoms with Crippen molar-refractivity contribution in [3.05, 3.63) is 94.5 Å². The zero-order valence-corrected chi connectivity index (χ0v) is 17.4. The molecule has 0 radical (unpaired) electrons. The zero-order chi connectivity index (χ0) is 20.1. The molecule has 0 fully saturated rings. The number of benzene rings is 3. The molecule has 1 atom stereocenters. The van der Waals surface area contributed by atoms with Crippen LogP contribution in [0.5, 0.6) is 0 Å². The van der Waals surface area contributed by atoms with Crippen molar-refractivity contribution in [3.8, 4) is 0 Å². The maximum atomic E-state index is 12.7. The summed E-state index contributed by atoms with van der Waals surface area (Å²) in [6, 6.07) is 21.8. The summed E-state index contributed by atoms with van der Waals surface area (Å²) >= 11 is 5.86. The van der Waals surface area contributed by atoms with Gasteiger partial charge >= 0.3 is 0 Å². The minimum absolute atomic E-state index is 0.191. The fourth-order valence-electron chi connectivity index (χ4n) is 3.04. The quantitative estimate of drug-likeness (QED) is 0.566. The van der Waals surface area contributed by atoms with Gasteiger partial charge in [-0.05, 0) is 54.8 Å². The summed E-state index contributed by atoms with van der Waals surface area (Å²) in [5.74, 6) is 0. The molecule has 0 bridgehead atoms. The Bertz CT molecular complexity index is 1020. The van der Waals surface area contributed by atoms with E-state index in [1.807, 2.05) is 62.4 Å². The maximum Gasteiger partial charge on any atom is 0.240 e. The van der Waals surface area contributed by atoms with Gasteiger partial charge in [0.25, 0.3) is 0 Å². The molecule has 3 aromatic carbocycles. The Labute approximate surface area is 171 Å². The highest BCUT2D eigenvalue weighted by Gasteiger charge is 2.19. The molecular formula is C22H23ClN2O2S. The first-order chi connectivity index (χ1) is 13.4. The predicted molar refractivity (Wildman–Crippen MR) is 115 cm³/mol. The topological polar surface area (TPSA) is 58.2 Å². The van der Waals surface area contributed by atoms with Crippen LogP contribution in [-0.2, 0) is 10.0 Å². The fraction of sp³-hybridized carbons (Fsp3) is 0.182. The lowest BCUT2D eigenvalue weighted by Crippen LogP contribution is -2.31. The van der Waals surface area contributed by atoms with Crippen LogP contribution < -0.4 is 10.0 Å². The van der Waals surface area contributed by atoms with Gasteiger partial charge in [-0.15, -0.1) is 0 Å². The van der Waals surface area contributed by atoms with Crippen LogP contribution in [0, 0.1) is 13.8 Å². The van der Waals surface area contributed by atoms with Crippen molar-refractivity contribution in [2.45, 2.75) is 24.8 Å². The van der Waals surface area contributed by atoms with Gasteiger partial charge in [0.2, 0.25) is 10.0 Å². The van der Waals surface area contributed by atoms with Gasteiger partial charge in [-0.1, -0.05) is 60.1 Å². The lowest BCUT2D eigenvalue weighted by atomic mass is 10.0. The first kappa shape index (κ1) is 20.4. The van der Waals surface area contributed by atoms with E-state index < -0.39 is 10.0 Å². The summed E-state index contributed by atoms with van der Waals surface area (Å²) in [4.78, 5) is 0.191. The Kier molecular flexibility index (Phi) is 6.39.